The SMILES string of the molecule is COC(=O)c1ccccc1C(=O)N(Cc1ccccc1)c1nc2c(Cl)cccc2s1. The lowest BCUT2D eigenvalue weighted by molar-refractivity contribution is 0.0597. The van der Waals surface area contributed by atoms with E-state index in [2.05, 4.69) is 4.98 Å². The fourth-order valence-corrected chi connectivity index (χ4v) is 4.38. The van der Waals surface area contributed by atoms with Crippen LogP contribution in [0.15, 0.2) is 72.8 Å². The van der Waals surface area contributed by atoms with Gasteiger partial charge in [-0.15, -0.1) is 0 Å². The zero-order valence-corrected chi connectivity index (χ0v) is 17.6. The minimum Gasteiger partial charge on any atom is -0.465 e. The zero-order chi connectivity index (χ0) is 21.1. The summed E-state index contributed by atoms with van der Waals surface area (Å²) in [5.74, 6) is -0.902. The summed E-state index contributed by atoms with van der Waals surface area (Å²) in [6.45, 7) is 0.298. The number of carbonyl (C=O) groups excluding carboxylic acids is 2. The third-order valence-corrected chi connectivity index (χ3v) is 5.93. The van der Waals surface area contributed by atoms with Crippen LogP contribution in [0.1, 0.15) is 26.3 Å². The number of halogens is 1. The Morgan fingerprint density at radius 1 is 0.967 bits per heavy atom. The van der Waals surface area contributed by atoms with Gasteiger partial charge in [-0.25, -0.2) is 9.78 Å². The van der Waals surface area contributed by atoms with Crippen molar-refractivity contribution in [3.63, 3.8) is 0 Å². The van der Waals surface area contributed by atoms with E-state index in [4.69, 9.17) is 16.3 Å². The standard InChI is InChI=1S/C23H17ClN2O3S/c1-29-22(28)17-11-6-5-10-16(17)21(27)26(14-15-8-3-2-4-9-15)23-25-20-18(24)12-7-13-19(20)30-23/h2-13H,14H2,1H3. The number of hydrogen-bond acceptors (Lipinski definition) is 5. The maximum absolute atomic E-state index is 13.6. The van der Waals surface area contributed by atoms with Gasteiger partial charge in [0.25, 0.3) is 5.91 Å². The molecule has 0 unspecified atom stereocenters. The third-order valence-electron chi connectivity index (χ3n) is 4.58. The second kappa shape index (κ2) is 8.65. The van der Waals surface area contributed by atoms with Gasteiger partial charge in [0.2, 0.25) is 0 Å². The highest BCUT2D eigenvalue weighted by Crippen LogP contribution is 2.34. The Balaban J connectivity index is 1.82. The van der Waals surface area contributed by atoms with E-state index in [9.17, 15) is 9.59 Å². The molecule has 1 aromatic heterocycles. The van der Waals surface area contributed by atoms with Crippen LogP contribution < -0.4 is 4.90 Å². The van der Waals surface area contributed by atoms with E-state index in [1.165, 1.54) is 18.4 Å². The van der Waals surface area contributed by atoms with Crippen molar-refractivity contribution in [2.45, 2.75) is 6.54 Å². The molecule has 0 fully saturated rings. The highest BCUT2D eigenvalue weighted by Gasteiger charge is 2.26. The molecule has 7 heteroatoms. The number of aromatic nitrogens is 1. The maximum atomic E-state index is 13.6. The molecular weight excluding hydrogens is 420 g/mol. The molecule has 3 aromatic carbocycles. The summed E-state index contributed by atoms with van der Waals surface area (Å²) < 4.78 is 5.73. The lowest BCUT2D eigenvalue weighted by atomic mass is 10.1. The normalized spacial score (nSPS) is 10.7. The number of thiazole rings is 1. The van der Waals surface area contributed by atoms with Gasteiger partial charge in [-0.05, 0) is 29.8 Å². The van der Waals surface area contributed by atoms with Crippen LogP contribution in [0.4, 0.5) is 5.13 Å². The molecule has 0 spiro atoms. The van der Waals surface area contributed by atoms with Crippen LogP contribution in [0, 0.1) is 0 Å². The van der Waals surface area contributed by atoms with E-state index in [0.717, 1.165) is 10.3 Å². The monoisotopic (exact) mass is 436 g/mol. The Hall–Kier alpha value is -3.22. The Bertz CT molecular complexity index is 1220. The van der Waals surface area contributed by atoms with E-state index in [0.29, 0.717) is 22.2 Å². The molecule has 30 heavy (non-hydrogen) atoms. The Morgan fingerprint density at radius 2 is 1.67 bits per heavy atom. The summed E-state index contributed by atoms with van der Waals surface area (Å²) in [6.07, 6.45) is 0. The van der Waals surface area contributed by atoms with Crippen LogP contribution in [0.5, 0.6) is 0 Å². The van der Waals surface area contributed by atoms with Gasteiger partial charge in [0.05, 0.1) is 34.5 Å². The van der Waals surface area contributed by atoms with Crippen molar-refractivity contribution in [2.24, 2.45) is 0 Å². The molecule has 5 nitrogen and oxygen atoms in total. The van der Waals surface area contributed by atoms with Crippen molar-refractivity contribution in [3.8, 4) is 0 Å². The zero-order valence-electron chi connectivity index (χ0n) is 16.0. The van der Waals surface area contributed by atoms with E-state index in [1.54, 1.807) is 35.2 Å². The number of para-hydroxylation sites is 1. The van der Waals surface area contributed by atoms with Gasteiger partial charge in [0.15, 0.2) is 5.13 Å². The first-order chi connectivity index (χ1) is 14.6. The number of hydrogen-bond donors (Lipinski definition) is 0. The molecule has 0 aliphatic heterocycles. The summed E-state index contributed by atoms with van der Waals surface area (Å²) in [7, 11) is 1.29. The first kappa shape index (κ1) is 20.1. The molecule has 0 bridgehead atoms. The number of fused-ring (bicyclic) bond motifs is 1. The Kier molecular flexibility index (Phi) is 5.79. The van der Waals surface area contributed by atoms with Crippen LogP contribution in [-0.4, -0.2) is 24.0 Å². The minimum absolute atomic E-state index is 0.210. The number of carbonyl (C=O) groups is 2. The molecule has 150 valence electrons. The summed E-state index contributed by atoms with van der Waals surface area (Å²) in [4.78, 5) is 32.0. The average molecular weight is 437 g/mol. The lowest BCUT2D eigenvalue weighted by Crippen LogP contribution is -2.31. The summed E-state index contributed by atoms with van der Waals surface area (Å²) in [5, 5.41) is 1.03. The van der Waals surface area contributed by atoms with Crippen molar-refractivity contribution < 1.29 is 14.3 Å². The smallest absolute Gasteiger partial charge is 0.338 e. The first-order valence-electron chi connectivity index (χ1n) is 9.16. The minimum atomic E-state index is -0.564. The van der Waals surface area contributed by atoms with Crippen molar-refractivity contribution in [1.29, 1.82) is 0 Å². The van der Waals surface area contributed by atoms with E-state index < -0.39 is 5.97 Å². The molecule has 0 aliphatic rings. The van der Waals surface area contributed by atoms with Crippen LogP contribution in [0.25, 0.3) is 10.2 Å². The van der Waals surface area contributed by atoms with Gasteiger partial charge in [-0.3, -0.25) is 9.69 Å². The van der Waals surface area contributed by atoms with E-state index in [1.807, 2.05) is 42.5 Å². The maximum Gasteiger partial charge on any atom is 0.338 e. The fraction of sp³-hybridized carbons (Fsp3) is 0.0870. The van der Waals surface area contributed by atoms with E-state index in [-0.39, 0.29) is 17.0 Å². The molecule has 1 amide bonds. The Labute approximate surface area is 182 Å². The van der Waals surface area contributed by atoms with Crippen LogP contribution in [-0.2, 0) is 11.3 Å². The second-order valence-electron chi connectivity index (χ2n) is 6.50. The Morgan fingerprint density at radius 3 is 2.37 bits per heavy atom. The number of benzene rings is 3. The number of rotatable bonds is 5. The quantitative estimate of drug-likeness (QED) is 0.383. The highest BCUT2D eigenvalue weighted by molar-refractivity contribution is 7.22. The van der Waals surface area contributed by atoms with Crippen molar-refractivity contribution in [2.75, 3.05) is 12.0 Å². The van der Waals surface area contributed by atoms with Gasteiger partial charge in [-0.1, -0.05) is 71.5 Å². The van der Waals surface area contributed by atoms with Crippen LogP contribution in [0.2, 0.25) is 5.02 Å². The average Bonchev–Trinajstić information content (AvgIpc) is 3.22. The predicted octanol–water partition coefficient (Wildman–Crippen LogP) is 5.58. The van der Waals surface area contributed by atoms with Gasteiger partial charge >= 0.3 is 5.97 Å². The molecule has 0 N–H and O–H groups in total. The predicted molar refractivity (Wildman–Crippen MR) is 119 cm³/mol. The number of esters is 1. The van der Waals surface area contributed by atoms with E-state index >= 15 is 0 Å². The van der Waals surface area contributed by atoms with Gasteiger partial charge in [-0.2, -0.15) is 0 Å². The molecule has 0 atom stereocenters. The molecular formula is C23H17ClN2O3S. The number of ether oxygens (including phenoxy) is 1. The number of nitrogens with zero attached hydrogens (tertiary/aromatic N) is 2. The molecule has 0 radical (unpaired) electrons. The summed E-state index contributed by atoms with van der Waals surface area (Å²) in [6, 6.07) is 21.8. The van der Waals surface area contributed by atoms with Crippen molar-refractivity contribution in [3.05, 3.63) is 94.5 Å². The van der Waals surface area contributed by atoms with Gasteiger partial charge in [0.1, 0.15) is 5.52 Å². The second-order valence-corrected chi connectivity index (χ2v) is 7.91. The molecule has 0 saturated carbocycles. The molecule has 1 heterocycles. The van der Waals surface area contributed by atoms with Crippen LogP contribution >= 0.6 is 22.9 Å². The van der Waals surface area contributed by atoms with Crippen LogP contribution in [0.3, 0.4) is 0 Å². The van der Waals surface area contributed by atoms with Crippen molar-refractivity contribution in [1.82, 2.24) is 4.98 Å². The number of amides is 1. The molecule has 4 aromatic rings. The summed E-state index contributed by atoms with van der Waals surface area (Å²) >= 11 is 7.67. The number of anilines is 1. The first-order valence-corrected chi connectivity index (χ1v) is 10.4. The number of methoxy groups -OCH3 is 1. The fourth-order valence-electron chi connectivity index (χ4n) is 3.11. The third kappa shape index (κ3) is 3.92. The largest absolute Gasteiger partial charge is 0.465 e. The topological polar surface area (TPSA) is 59.5 Å². The van der Waals surface area contributed by atoms with Crippen molar-refractivity contribution >= 4 is 50.2 Å². The van der Waals surface area contributed by atoms with Gasteiger partial charge < -0.3 is 4.74 Å². The van der Waals surface area contributed by atoms with Gasteiger partial charge in [0, 0.05) is 0 Å². The molecule has 4 rings (SSSR count). The highest BCUT2D eigenvalue weighted by atomic mass is 35.5. The molecule has 0 saturated heterocycles. The summed E-state index contributed by atoms with van der Waals surface area (Å²) in [5.41, 5.74) is 2.05. The lowest BCUT2D eigenvalue weighted by Gasteiger charge is -2.21. The molecule has 0 aliphatic carbocycles.